The minimum Gasteiger partial charge on any atom is -0.343 e. The van der Waals surface area contributed by atoms with E-state index < -0.39 is 9.84 Å². The van der Waals surface area contributed by atoms with Crippen LogP contribution in [0.5, 0.6) is 0 Å². The molecule has 1 atom stereocenters. The maximum Gasteiger partial charge on any atom is 0.233 e. The summed E-state index contributed by atoms with van der Waals surface area (Å²) in [5.74, 6) is 1.77. The van der Waals surface area contributed by atoms with Crippen LogP contribution in [-0.2, 0) is 28.1 Å². The highest BCUT2D eigenvalue weighted by Crippen LogP contribution is 2.23. The maximum atomic E-state index is 12.0. The molecular weight excluding hydrogens is 336 g/mol. The first kappa shape index (κ1) is 18.3. The van der Waals surface area contributed by atoms with Crippen LogP contribution in [0.4, 0.5) is 0 Å². The van der Waals surface area contributed by atoms with Crippen molar-refractivity contribution in [3.63, 3.8) is 0 Å². The fourth-order valence-electron chi connectivity index (χ4n) is 2.46. The molecule has 1 amide bonds. The highest BCUT2D eigenvalue weighted by atomic mass is 32.2. The Morgan fingerprint density at radius 3 is 2.70 bits per heavy atom. The Labute approximate surface area is 141 Å². The third-order valence-corrected chi connectivity index (χ3v) is 7.06. The molecular formula is C14H24N4O3S2. The molecule has 0 N–H and O–H groups in total. The number of carbonyl (C=O) groups is 1. The third-order valence-electron chi connectivity index (χ3n) is 4.22. The number of carbonyl (C=O) groups excluding carboxylic acids is 1. The summed E-state index contributed by atoms with van der Waals surface area (Å²) in [6.45, 7) is 3.94. The van der Waals surface area contributed by atoms with Crippen molar-refractivity contribution in [2.24, 2.45) is 13.0 Å². The number of thioether (sulfide) groups is 1. The van der Waals surface area contributed by atoms with E-state index in [4.69, 9.17) is 0 Å². The molecule has 0 spiro atoms. The lowest BCUT2D eigenvalue weighted by molar-refractivity contribution is -0.128. The first-order valence-corrected chi connectivity index (χ1v) is 10.5. The molecule has 0 bridgehead atoms. The van der Waals surface area contributed by atoms with Crippen molar-refractivity contribution in [3.8, 4) is 0 Å². The number of nitrogens with zero attached hydrogens (tertiary/aromatic N) is 4. The molecule has 23 heavy (non-hydrogen) atoms. The summed E-state index contributed by atoms with van der Waals surface area (Å²) >= 11 is 1.36. The van der Waals surface area contributed by atoms with E-state index in [0.29, 0.717) is 23.8 Å². The lowest BCUT2D eigenvalue weighted by Gasteiger charge is -2.20. The first-order chi connectivity index (χ1) is 10.7. The van der Waals surface area contributed by atoms with Crippen LogP contribution in [0.3, 0.4) is 0 Å². The van der Waals surface area contributed by atoms with E-state index in [1.807, 2.05) is 25.5 Å². The van der Waals surface area contributed by atoms with Gasteiger partial charge in [0.25, 0.3) is 0 Å². The molecule has 2 rings (SSSR count). The van der Waals surface area contributed by atoms with Crippen molar-refractivity contribution in [2.75, 3.05) is 24.3 Å². The fourth-order valence-corrected chi connectivity index (χ4v) is 5.17. The zero-order valence-corrected chi connectivity index (χ0v) is 15.7. The first-order valence-electron chi connectivity index (χ1n) is 7.66. The molecule has 0 radical (unpaired) electrons. The molecule has 0 unspecified atom stereocenters. The normalized spacial score (nSPS) is 20.1. The Kier molecular flexibility index (Phi) is 5.72. The smallest absolute Gasteiger partial charge is 0.233 e. The van der Waals surface area contributed by atoms with Gasteiger partial charge in [-0.1, -0.05) is 11.8 Å². The van der Waals surface area contributed by atoms with Crippen molar-refractivity contribution in [1.82, 2.24) is 19.7 Å². The van der Waals surface area contributed by atoms with Crippen LogP contribution in [0.2, 0.25) is 0 Å². The van der Waals surface area contributed by atoms with Crippen LogP contribution in [0.25, 0.3) is 0 Å². The standard InChI is InChI=1S/C14H24N4O3S2/c1-10(2)17(3)13(19)8-22-14-16-15-12(18(14)4)7-11-5-6-23(20,21)9-11/h10-11H,5-9H2,1-4H3/t11-/m1/s1. The van der Waals surface area contributed by atoms with Gasteiger partial charge in [-0.15, -0.1) is 10.2 Å². The molecule has 9 heteroatoms. The van der Waals surface area contributed by atoms with Gasteiger partial charge in [0.1, 0.15) is 5.82 Å². The summed E-state index contributed by atoms with van der Waals surface area (Å²) in [5.41, 5.74) is 0. The second-order valence-corrected chi connectivity index (χ2v) is 9.49. The van der Waals surface area contributed by atoms with Gasteiger partial charge in [-0.3, -0.25) is 4.79 Å². The van der Waals surface area contributed by atoms with Gasteiger partial charge in [0, 0.05) is 26.6 Å². The summed E-state index contributed by atoms with van der Waals surface area (Å²) in [4.78, 5) is 13.7. The number of hydrogen-bond donors (Lipinski definition) is 0. The summed E-state index contributed by atoms with van der Waals surface area (Å²) < 4.78 is 24.9. The van der Waals surface area contributed by atoms with E-state index >= 15 is 0 Å². The molecule has 1 aromatic rings. The Morgan fingerprint density at radius 1 is 1.43 bits per heavy atom. The Bertz CT molecular complexity index is 670. The molecule has 1 fully saturated rings. The number of rotatable bonds is 6. The second kappa shape index (κ2) is 7.21. The SMILES string of the molecule is CC(C)N(C)C(=O)CSc1nnc(C[C@H]2CCS(=O)(=O)C2)n1C. The third kappa shape index (κ3) is 4.69. The van der Waals surface area contributed by atoms with E-state index in [1.165, 1.54) is 11.8 Å². The molecule has 0 saturated carbocycles. The number of hydrogen-bond acceptors (Lipinski definition) is 6. The van der Waals surface area contributed by atoms with Gasteiger partial charge in [0.15, 0.2) is 15.0 Å². The molecule has 7 nitrogen and oxygen atoms in total. The molecule has 1 saturated heterocycles. The van der Waals surface area contributed by atoms with E-state index in [0.717, 1.165) is 5.82 Å². The Morgan fingerprint density at radius 2 is 2.13 bits per heavy atom. The lowest BCUT2D eigenvalue weighted by Crippen LogP contribution is -2.34. The van der Waals surface area contributed by atoms with Crippen molar-refractivity contribution in [1.29, 1.82) is 0 Å². The quantitative estimate of drug-likeness (QED) is 0.696. The molecule has 2 heterocycles. The van der Waals surface area contributed by atoms with Gasteiger partial charge in [-0.25, -0.2) is 8.42 Å². The molecule has 0 aromatic carbocycles. The fraction of sp³-hybridized carbons (Fsp3) is 0.786. The zero-order chi connectivity index (χ0) is 17.2. The predicted molar refractivity (Wildman–Crippen MR) is 90.1 cm³/mol. The van der Waals surface area contributed by atoms with Crippen molar-refractivity contribution in [3.05, 3.63) is 5.82 Å². The van der Waals surface area contributed by atoms with Crippen LogP contribution in [-0.4, -0.2) is 64.3 Å². The van der Waals surface area contributed by atoms with Crippen molar-refractivity contribution < 1.29 is 13.2 Å². The van der Waals surface area contributed by atoms with Gasteiger partial charge in [0.05, 0.1) is 17.3 Å². The van der Waals surface area contributed by atoms with Gasteiger partial charge >= 0.3 is 0 Å². The molecule has 1 aliphatic heterocycles. The average Bonchev–Trinajstić information content (AvgIpc) is 2.99. The lowest BCUT2D eigenvalue weighted by atomic mass is 10.1. The number of sulfone groups is 1. The van der Waals surface area contributed by atoms with Crippen LogP contribution < -0.4 is 0 Å². The van der Waals surface area contributed by atoms with Gasteiger partial charge in [0.2, 0.25) is 5.91 Å². The average molecular weight is 361 g/mol. The number of amides is 1. The van der Waals surface area contributed by atoms with Crippen LogP contribution >= 0.6 is 11.8 Å². The summed E-state index contributed by atoms with van der Waals surface area (Å²) in [6.07, 6.45) is 1.30. The minimum absolute atomic E-state index is 0.0523. The van der Waals surface area contributed by atoms with Gasteiger partial charge in [-0.05, 0) is 26.2 Å². The van der Waals surface area contributed by atoms with E-state index in [9.17, 15) is 13.2 Å². The molecule has 0 aliphatic carbocycles. The summed E-state index contributed by atoms with van der Waals surface area (Å²) in [5, 5.41) is 8.97. The van der Waals surface area contributed by atoms with Gasteiger partial charge in [-0.2, -0.15) is 0 Å². The second-order valence-electron chi connectivity index (χ2n) is 6.32. The zero-order valence-electron chi connectivity index (χ0n) is 14.0. The van der Waals surface area contributed by atoms with Crippen LogP contribution in [0, 0.1) is 5.92 Å². The Balaban J connectivity index is 1.93. The topological polar surface area (TPSA) is 85.2 Å². The number of aromatic nitrogens is 3. The molecule has 130 valence electrons. The van der Waals surface area contributed by atoms with Crippen molar-refractivity contribution >= 4 is 27.5 Å². The predicted octanol–water partition coefficient (Wildman–Crippen LogP) is 0.751. The highest BCUT2D eigenvalue weighted by Gasteiger charge is 2.29. The summed E-state index contributed by atoms with van der Waals surface area (Å²) in [6, 6.07) is 0.169. The van der Waals surface area contributed by atoms with Gasteiger partial charge < -0.3 is 9.47 Å². The molecule has 1 aliphatic rings. The van der Waals surface area contributed by atoms with Crippen molar-refractivity contribution in [2.45, 2.75) is 37.9 Å². The van der Waals surface area contributed by atoms with E-state index in [-0.39, 0.29) is 29.4 Å². The van der Waals surface area contributed by atoms with E-state index in [2.05, 4.69) is 10.2 Å². The monoisotopic (exact) mass is 360 g/mol. The van der Waals surface area contributed by atoms with Crippen LogP contribution in [0.1, 0.15) is 26.1 Å². The highest BCUT2D eigenvalue weighted by molar-refractivity contribution is 7.99. The molecule has 1 aromatic heterocycles. The minimum atomic E-state index is -2.87. The van der Waals surface area contributed by atoms with E-state index in [1.54, 1.807) is 11.9 Å². The maximum absolute atomic E-state index is 12.0. The Hall–Kier alpha value is -1.09. The summed E-state index contributed by atoms with van der Waals surface area (Å²) in [7, 11) is 0.773. The van der Waals surface area contributed by atoms with Crippen LogP contribution in [0.15, 0.2) is 5.16 Å². The largest absolute Gasteiger partial charge is 0.343 e.